The van der Waals surface area contributed by atoms with Gasteiger partial charge in [-0.15, -0.1) is 11.8 Å². The Labute approximate surface area is 130 Å². The lowest BCUT2D eigenvalue weighted by Crippen LogP contribution is -2.19. The number of hydrogen-bond acceptors (Lipinski definition) is 2. The number of aryl methyl sites for hydroxylation is 2. The molecule has 2 aromatic rings. The first-order chi connectivity index (χ1) is 9.97. The molecule has 0 saturated heterocycles. The van der Waals surface area contributed by atoms with Crippen LogP contribution in [0.4, 0.5) is 0 Å². The zero-order chi connectivity index (χ0) is 15.4. The average Bonchev–Trinajstić information content (AvgIpc) is 2.45. The number of carboxylic acids is 1. The Bertz CT molecular complexity index is 632. The van der Waals surface area contributed by atoms with Crippen molar-refractivity contribution in [1.29, 1.82) is 0 Å². The molecule has 110 valence electrons. The van der Waals surface area contributed by atoms with E-state index in [0.29, 0.717) is 6.42 Å². The standard InChI is InChI=1S/C18H20O2S/c1-12-7-9-16(10-8-12)21-17(18(19)20)11-15-6-4-5-13(2)14(15)3/h4-10,17H,11H2,1-3H3,(H,19,20). The van der Waals surface area contributed by atoms with Crippen LogP contribution in [0.15, 0.2) is 47.4 Å². The Kier molecular flexibility index (Phi) is 5.07. The Hall–Kier alpha value is -1.74. The van der Waals surface area contributed by atoms with Crippen LogP contribution in [0.25, 0.3) is 0 Å². The van der Waals surface area contributed by atoms with Crippen molar-refractivity contribution in [1.82, 2.24) is 0 Å². The highest BCUT2D eigenvalue weighted by Crippen LogP contribution is 2.27. The summed E-state index contributed by atoms with van der Waals surface area (Å²) in [4.78, 5) is 12.5. The highest BCUT2D eigenvalue weighted by atomic mass is 32.2. The highest BCUT2D eigenvalue weighted by Gasteiger charge is 2.20. The minimum Gasteiger partial charge on any atom is -0.480 e. The second-order valence-electron chi connectivity index (χ2n) is 5.32. The minimum absolute atomic E-state index is 0.465. The van der Waals surface area contributed by atoms with Crippen LogP contribution in [0, 0.1) is 20.8 Å². The van der Waals surface area contributed by atoms with Crippen molar-refractivity contribution in [2.45, 2.75) is 37.3 Å². The molecule has 0 aliphatic rings. The first kappa shape index (κ1) is 15.6. The lowest BCUT2D eigenvalue weighted by Gasteiger charge is -2.15. The summed E-state index contributed by atoms with van der Waals surface area (Å²) in [7, 11) is 0. The van der Waals surface area contributed by atoms with Crippen LogP contribution in [-0.2, 0) is 11.2 Å². The number of benzene rings is 2. The predicted molar refractivity (Wildman–Crippen MR) is 88.1 cm³/mol. The Morgan fingerprint density at radius 1 is 1.10 bits per heavy atom. The first-order valence-corrected chi connectivity index (χ1v) is 7.86. The van der Waals surface area contributed by atoms with E-state index in [1.807, 2.05) is 43.3 Å². The lowest BCUT2D eigenvalue weighted by atomic mass is 10.00. The molecule has 0 aliphatic carbocycles. The van der Waals surface area contributed by atoms with Gasteiger partial charge in [-0.2, -0.15) is 0 Å². The number of carboxylic acid groups (broad SMARTS) is 1. The molecule has 2 nitrogen and oxygen atoms in total. The molecule has 0 fully saturated rings. The molecule has 0 heterocycles. The fraction of sp³-hybridized carbons (Fsp3) is 0.278. The molecule has 0 aliphatic heterocycles. The average molecular weight is 300 g/mol. The van der Waals surface area contributed by atoms with E-state index < -0.39 is 11.2 Å². The molecular formula is C18H20O2S. The van der Waals surface area contributed by atoms with Gasteiger partial charge in [0.15, 0.2) is 0 Å². The fourth-order valence-electron chi connectivity index (χ4n) is 2.19. The summed E-state index contributed by atoms with van der Waals surface area (Å²) in [5.41, 5.74) is 4.69. The zero-order valence-corrected chi connectivity index (χ0v) is 13.4. The van der Waals surface area contributed by atoms with E-state index in [1.165, 1.54) is 28.5 Å². The molecule has 0 amide bonds. The van der Waals surface area contributed by atoms with E-state index in [2.05, 4.69) is 19.9 Å². The fourth-order valence-corrected chi connectivity index (χ4v) is 3.18. The molecule has 2 rings (SSSR count). The van der Waals surface area contributed by atoms with E-state index in [4.69, 9.17) is 0 Å². The molecule has 0 radical (unpaired) electrons. The highest BCUT2D eigenvalue weighted by molar-refractivity contribution is 8.00. The molecule has 0 spiro atoms. The molecule has 1 N–H and O–H groups in total. The molecule has 0 saturated carbocycles. The zero-order valence-electron chi connectivity index (χ0n) is 12.6. The summed E-state index contributed by atoms with van der Waals surface area (Å²) in [6.45, 7) is 6.14. The Morgan fingerprint density at radius 3 is 2.38 bits per heavy atom. The van der Waals surface area contributed by atoms with Crippen molar-refractivity contribution in [2.75, 3.05) is 0 Å². The summed E-state index contributed by atoms with van der Waals surface area (Å²) in [5.74, 6) is -0.763. The summed E-state index contributed by atoms with van der Waals surface area (Å²) in [6.07, 6.45) is 0.543. The van der Waals surface area contributed by atoms with E-state index >= 15 is 0 Å². The molecule has 3 heteroatoms. The SMILES string of the molecule is Cc1ccc(SC(Cc2cccc(C)c2C)C(=O)O)cc1. The van der Waals surface area contributed by atoms with Crippen molar-refractivity contribution in [3.05, 3.63) is 64.7 Å². The maximum Gasteiger partial charge on any atom is 0.317 e. The van der Waals surface area contributed by atoms with Crippen LogP contribution in [0.3, 0.4) is 0 Å². The van der Waals surface area contributed by atoms with Crippen LogP contribution < -0.4 is 0 Å². The normalized spacial score (nSPS) is 12.1. The summed E-state index contributed by atoms with van der Waals surface area (Å²) < 4.78 is 0. The Balaban J connectivity index is 2.18. The van der Waals surface area contributed by atoms with Crippen LogP contribution in [0.2, 0.25) is 0 Å². The van der Waals surface area contributed by atoms with Crippen LogP contribution in [-0.4, -0.2) is 16.3 Å². The summed E-state index contributed by atoms with van der Waals surface area (Å²) in [6, 6.07) is 14.1. The third-order valence-electron chi connectivity index (χ3n) is 3.70. The number of hydrogen-bond donors (Lipinski definition) is 1. The van der Waals surface area contributed by atoms with E-state index in [1.54, 1.807) is 0 Å². The smallest absolute Gasteiger partial charge is 0.317 e. The molecule has 21 heavy (non-hydrogen) atoms. The molecule has 1 unspecified atom stereocenters. The van der Waals surface area contributed by atoms with Crippen LogP contribution >= 0.6 is 11.8 Å². The van der Waals surface area contributed by atoms with Gasteiger partial charge < -0.3 is 5.11 Å². The molecule has 1 atom stereocenters. The van der Waals surface area contributed by atoms with Crippen molar-refractivity contribution in [2.24, 2.45) is 0 Å². The maximum atomic E-state index is 11.6. The van der Waals surface area contributed by atoms with Gasteiger partial charge in [0.05, 0.1) is 0 Å². The van der Waals surface area contributed by atoms with Gasteiger partial charge in [-0.3, -0.25) is 4.79 Å². The largest absolute Gasteiger partial charge is 0.480 e. The van der Waals surface area contributed by atoms with Gasteiger partial charge in [-0.05, 0) is 56.0 Å². The lowest BCUT2D eigenvalue weighted by molar-refractivity contribution is -0.136. The van der Waals surface area contributed by atoms with Gasteiger partial charge in [0, 0.05) is 4.90 Å². The van der Waals surface area contributed by atoms with Gasteiger partial charge in [-0.25, -0.2) is 0 Å². The van der Waals surface area contributed by atoms with Gasteiger partial charge in [0.25, 0.3) is 0 Å². The quantitative estimate of drug-likeness (QED) is 0.832. The van der Waals surface area contributed by atoms with Gasteiger partial charge in [-0.1, -0.05) is 35.9 Å². The van der Waals surface area contributed by atoms with Crippen LogP contribution in [0.1, 0.15) is 22.3 Å². The molecule has 0 bridgehead atoms. The topological polar surface area (TPSA) is 37.3 Å². The second-order valence-corrected chi connectivity index (χ2v) is 6.60. The van der Waals surface area contributed by atoms with Gasteiger partial charge in [0.1, 0.15) is 5.25 Å². The minimum atomic E-state index is -0.763. The molecule has 0 aromatic heterocycles. The van der Waals surface area contributed by atoms with Crippen molar-refractivity contribution in [3.8, 4) is 0 Å². The monoisotopic (exact) mass is 300 g/mol. The summed E-state index contributed by atoms with van der Waals surface area (Å²) in [5, 5.41) is 9.03. The van der Waals surface area contributed by atoms with Crippen molar-refractivity contribution >= 4 is 17.7 Å². The van der Waals surface area contributed by atoms with E-state index in [-0.39, 0.29) is 0 Å². The number of thioether (sulfide) groups is 1. The van der Waals surface area contributed by atoms with E-state index in [0.717, 1.165) is 10.5 Å². The number of rotatable bonds is 5. The third kappa shape index (κ3) is 4.11. The molecular weight excluding hydrogens is 280 g/mol. The predicted octanol–water partition coefficient (Wildman–Crippen LogP) is 4.40. The molecule has 2 aromatic carbocycles. The van der Waals surface area contributed by atoms with E-state index in [9.17, 15) is 9.90 Å². The number of carbonyl (C=O) groups is 1. The van der Waals surface area contributed by atoms with Crippen LogP contribution in [0.5, 0.6) is 0 Å². The van der Waals surface area contributed by atoms with Gasteiger partial charge in [0.2, 0.25) is 0 Å². The van der Waals surface area contributed by atoms with Gasteiger partial charge >= 0.3 is 5.97 Å². The third-order valence-corrected chi connectivity index (χ3v) is 4.89. The van der Waals surface area contributed by atoms with Crippen molar-refractivity contribution in [3.63, 3.8) is 0 Å². The first-order valence-electron chi connectivity index (χ1n) is 6.98. The summed E-state index contributed by atoms with van der Waals surface area (Å²) >= 11 is 1.42. The Morgan fingerprint density at radius 2 is 1.76 bits per heavy atom. The van der Waals surface area contributed by atoms with Crippen molar-refractivity contribution < 1.29 is 9.90 Å². The second kappa shape index (κ2) is 6.81. The maximum absolute atomic E-state index is 11.6. The number of aliphatic carboxylic acids is 1.